The summed E-state index contributed by atoms with van der Waals surface area (Å²) in [6.07, 6.45) is 1.64. The largest absolute Gasteiger partial charge is 0.478 e. The molecule has 2 amide bonds. The number of hydrogen-bond acceptors (Lipinski definition) is 4. The number of morpholine rings is 1. The van der Waals surface area contributed by atoms with Crippen molar-refractivity contribution in [2.24, 2.45) is 0 Å². The van der Waals surface area contributed by atoms with Crippen LogP contribution in [0.5, 0.6) is 0 Å². The van der Waals surface area contributed by atoms with Crippen LogP contribution in [-0.2, 0) is 11.3 Å². The van der Waals surface area contributed by atoms with Gasteiger partial charge in [-0.2, -0.15) is 0 Å². The number of benzene rings is 1. The van der Waals surface area contributed by atoms with Gasteiger partial charge >= 0.3 is 12.0 Å². The van der Waals surface area contributed by atoms with Crippen LogP contribution in [-0.4, -0.2) is 53.3 Å². The van der Waals surface area contributed by atoms with E-state index in [4.69, 9.17) is 9.84 Å². The first-order valence-electron chi connectivity index (χ1n) is 8.02. The Balaban J connectivity index is 1.83. The highest BCUT2D eigenvalue weighted by Gasteiger charge is 2.25. The number of carbonyl (C=O) groups is 2. The molecule has 1 aliphatic heterocycles. The van der Waals surface area contributed by atoms with Crippen molar-refractivity contribution in [3.63, 3.8) is 0 Å². The number of urea groups is 1. The summed E-state index contributed by atoms with van der Waals surface area (Å²) in [5, 5.41) is 9.00. The van der Waals surface area contributed by atoms with Crippen molar-refractivity contribution < 1.29 is 19.4 Å². The predicted octanol–water partition coefficient (Wildman–Crippen LogP) is 2.24. The Morgan fingerprint density at radius 1 is 1.12 bits per heavy atom. The molecule has 1 fully saturated rings. The Kier molecular flexibility index (Phi) is 5.25. The fourth-order valence-electron chi connectivity index (χ4n) is 2.62. The molecule has 0 unspecified atom stereocenters. The molecule has 130 valence electrons. The molecule has 1 aliphatic rings. The lowest BCUT2D eigenvalue weighted by molar-refractivity contribution is 0.0547. The van der Waals surface area contributed by atoms with Crippen molar-refractivity contribution in [2.45, 2.75) is 6.54 Å². The van der Waals surface area contributed by atoms with E-state index in [-0.39, 0.29) is 11.6 Å². The van der Waals surface area contributed by atoms with Gasteiger partial charge in [-0.15, -0.1) is 0 Å². The van der Waals surface area contributed by atoms with Gasteiger partial charge in [0.15, 0.2) is 0 Å². The number of ether oxygens (including phenoxy) is 1. The van der Waals surface area contributed by atoms with E-state index in [1.807, 2.05) is 6.07 Å². The van der Waals surface area contributed by atoms with E-state index in [0.717, 1.165) is 5.56 Å². The third kappa shape index (κ3) is 4.13. The van der Waals surface area contributed by atoms with Gasteiger partial charge in [-0.05, 0) is 29.8 Å². The summed E-state index contributed by atoms with van der Waals surface area (Å²) in [6.45, 7) is 2.44. The quantitative estimate of drug-likeness (QED) is 0.922. The summed E-state index contributed by atoms with van der Waals surface area (Å²) in [4.78, 5) is 31.5. The van der Waals surface area contributed by atoms with Crippen LogP contribution in [0.25, 0.3) is 0 Å². The minimum atomic E-state index is -0.975. The topological polar surface area (TPSA) is 83.0 Å². The number of carbonyl (C=O) groups excluding carboxylic acids is 1. The molecule has 0 bridgehead atoms. The second-order valence-corrected chi connectivity index (χ2v) is 5.66. The molecular weight excluding hydrogens is 322 g/mol. The van der Waals surface area contributed by atoms with Crippen LogP contribution >= 0.6 is 0 Å². The first-order valence-corrected chi connectivity index (χ1v) is 8.02. The highest BCUT2D eigenvalue weighted by molar-refractivity contribution is 5.91. The Morgan fingerprint density at radius 3 is 2.44 bits per heavy atom. The van der Waals surface area contributed by atoms with Gasteiger partial charge in [0.1, 0.15) is 5.82 Å². The molecule has 2 heterocycles. The zero-order chi connectivity index (χ0) is 17.6. The molecule has 0 spiro atoms. The first kappa shape index (κ1) is 16.9. The van der Waals surface area contributed by atoms with Crippen molar-refractivity contribution in [3.8, 4) is 0 Å². The number of carboxylic acids is 1. The molecule has 0 radical (unpaired) electrons. The predicted molar refractivity (Wildman–Crippen MR) is 91.6 cm³/mol. The summed E-state index contributed by atoms with van der Waals surface area (Å²) in [6, 6.07) is 11.8. The number of rotatable bonds is 4. The van der Waals surface area contributed by atoms with Crippen LogP contribution in [0.2, 0.25) is 0 Å². The molecule has 0 atom stereocenters. The van der Waals surface area contributed by atoms with E-state index in [0.29, 0.717) is 38.7 Å². The maximum absolute atomic E-state index is 12.9. The van der Waals surface area contributed by atoms with Gasteiger partial charge in [-0.25, -0.2) is 14.6 Å². The number of carboxylic acid groups (broad SMARTS) is 1. The van der Waals surface area contributed by atoms with E-state index in [2.05, 4.69) is 4.98 Å². The van der Waals surface area contributed by atoms with E-state index in [1.165, 1.54) is 12.1 Å². The minimum Gasteiger partial charge on any atom is -0.478 e. The second-order valence-electron chi connectivity index (χ2n) is 5.66. The molecular formula is C18H19N3O4. The van der Waals surface area contributed by atoms with E-state index in [9.17, 15) is 9.59 Å². The molecule has 3 rings (SSSR count). The van der Waals surface area contributed by atoms with Crippen LogP contribution in [0, 0.1) is 0 Å². The number of hydrogen-bond donors (Lipinski definition) is 1. The maximum atomic E-state index is 12.9. The molecule has 1 aromatic carbocycles. The molecule has 25 heavy (non-hydrogen) atoms. The standard InChI is InChI=1S/C18H19N3O4/c22-17(23)15-6-4-14(5-7-15)13-21(16-3-1-2-8-19-16)18(24)20-9-11-25-12-10-20/h1-8H,9-13H2,(H,22,23). The number of nitrogens with zero attached hydrogens (tertiary/aromatic N) is 3. The average Bonchev–Trinajstić information content (AvgIpc) is 2.67. The normalized spacial score (nSPS) is 14.2. The maximum Gasteiger partial charge on any atom is 0.335 e. The first-order chi connectivity index (χ1) is 12.1. The van der Waals surface area contributed by atoms with Crippen LogP contribution in [0.3, 0.4) is 0 Å². The van der Waals surface area contributed by atoms with Crippen LogP contribution in [0.1, 0.15) is 15.9 Å². The minimum absolute atomic E-state index is 0.135. The van der Waals surface area contributed by atoms with Crippen molar-refractivity contribution in [1.29, 1.82) is 0 Å². The fourth-order valence-corrected chi connectivity index (χ4v) is 2.62. The number of pyridine rings is 1. The van der Waals surface area contributed by atoms with Gasteiger partial charge in [0, 0.05) is 19.3 Å². The van der Waals surface area contributed by atoms with Crippen molar-refractivity contribution in [2.75, 3.05) is 31.2 Å². The van der Waals surface area contributed by atoms with Crippen molar-refractivity contribution in [1.82, 2.24) is 9.88 Å². The van der Waals surface area contributed by atoms with Crippen LogP contribution in [0.4, 0.5) is 10.6 Å². The van der Waals surface area contributed by atoms with Gasteiger partial charge in [0.05, 0.1) is 25.3 Å². The second kappa shape index (κ2) is 7.76. The summed E-state index contributed by atoms with van der Waals surface area (Å²) in [5.74, 6) is -0.418. The Morgan fingerprint density at radius 2 is 1.84 bits per heavy atom. The lowest BCUT2D eigenvalue weighted by atomic mass is 10.1. The lowest BCUT2D eigenvalue weighted by Crippen LogP contribution is -2.48. The smallest absolute Gasteiger partial charge is 0.335 e. The number of aromatic nitrogens is 1. The fraction of sp³-hybridized carbons (Fsp3) is 0.278. The Labute approximate surface area is 145 Å². The van der Waals surface area contributed by atoms with Crippen molar-refractivity contribution in [3.05, 3.63) is 59.8 Å². The monoisotopic (exact) mass is 341 g/mol. The Bertz CT molecular complexity index is 728. The molecule has 1 aromatic heterocycles. The van der Waals surface area contributed by atoms with E-state index >= 15 is 0 Å². The number of aromatic carboxylic acids is 1. The highest BCUT2D eigenvalue weighted by Crippen LogP contribution is 2.18. The molecule has 7 heteroatoms. The highest BCUT2D eigenvalue weighted by atomic mass is 16.5. The van der Waals surface area contributed by atoms with Crippen LogP contribution < -0.4 is 4.90 Å². The zero-order valence-electron chi connectivity index (χ0n) is 13.7. The summed E-state index contributed by atoms with van der Waals surface area (Å²) in [7, 11) is 0. The number of anilines is 1. The average molecular weight is 341 g/mol. The van der Waals surface area contributed by atoms with Crippen LogP contribution in [0.15, 0.2) is 48.7 Å². The molecule has 0 aliphatic carbocycles. The van der Waals surface area contributed by atoms with Gasteiger partial charge in [0.2, 0.25) is 0 Å². The van der Waals surface area contributed by atoms with Gasteiger partial charge in [-0.3, -0.25) is 4.90 Å². The Hall–Kier alpha value is -2.93. The third-order valence-electron chi connectivity index (χ3n) is 3.98. The zero-order valence-corrected chi connectivity index (χ0v) is 13.7. The molecule has 0 saturated carbocycles. The summed E-state index contributed by atoms with van der Waals surface area (Å²) < 4.78 is 5.31. The molecule has 1 N–H and O–H groups in total. The van der Waals surface area contributed by atoms with Gasteiger partial charge < -0.3 is 14.7 Å². The molecule has 1 saturated heterocycles. The molecule has 2 aromatic rings. The van der Waals surface area contributed by atoms with Gasteiger partial charge in [0.25, 0.3) is 0 Å². The van der Waals surface area contributed by atoms with E-state index < -0.39 is 5.97 Å². The van der Waals surface area contributed by atoms with Gasteiger partial charge in [-0.1, -0.05) is 18.2 Å². The summed E-state index contributed by atoms with van der Waals surface area (Å²) >= 11 is 0. The summed E-state index contributed by atoms with van der Waals surface area (Å²) in [5.41, 5.74) is 1.05. The van der Waals surface area contributed by atoms with Crippen molar-refractivity contribution >= 4 is 17.8 Å². The lowest BCUT2D eigenvalue weighted by Gasteiger charge is -2.32. The third-order valence-corrected chi connectivity index (χ3v) is 3.98. The SMILES string of the molecule is O=C(O)c1ccc(CN(C(=O)N2CCOCC2)c2ccccn2)cc1. The van der Waals surface area contributed by atoms with E-state index in [1.54, 1.807) is 40.3 Å². The molecule has 7 nitrogen and oxygen atoms in total. The number of amides is 2.